The predicted molar refractivity (Wildman–Crippen MR) is 130 cm³/mol. The van der Waals surface area contributed by atoms with Crippen LogP contribution in [0.1, 0.15) is 17.3 Å². The number of rotatable bonds is 7. The molecule has 0 aliphatic carbocycles. The van der Waals surface area contributed by atoms with E-state index in [1.54, 1.807) is 67.8 Å². The van der Waals surface area contributed by atoms with Crippen LogP contribution in [0.2, 0.25) is 5.02 Å². The van der Waals surface area contributed by atoms with E-state index in [1.807, 2.05) is 0 Å². The predicted octanol–water partition coefficient (Wildman–Crippen LogP) is 5.34. The summed E-state index contributed by atoms with van der Waals surface area (Å²) in [5, 5.41) is 3.25. The van der Waals surface area contributed by atoms with Gasteiger partial charge in [-0.15, -0.1) is 0 Å². The number of methoxy groups -OCH3 is 1. The zero-order chi connectivity index (χ0) is 24.2. The minimum absolute atomic E-state index is 0.0943. The number of hydrogen-bond donors (Lipinski definition) is 1. The highest BCUT2D eigenvalue weighted by molar-refractivity contribution is 6.31. The molecular formula is C26H20ClNO6. The molecular weight excluding hydrogens is 458 g/mol. The van der Waals surface area contributed by atoms with E-state index >= 15 is 0 Å². The Morgan fingerprint density at radius 2 is 1.71 bits per heavy atom. The lowest BCUT2D eigenvalue weighted by atomic mass is 10.1. The van der Waals surface area contributed by atoms with Crippen LogP contribution in [-0.4, -0.2) is 25.4 Å². The van der Waals surface area contributed by atoms with Gasteiger partial charge in [0.1, 0.15) is 11.3 Å². The van der Waals surface area contributed by atoms with E-state index in [2.05, 4.69) is 5.32 Å². The summed E-state index contributed by atoms with van der Waals surface area (Å²) in [6.45, 7) is 1.01. The second-order valence-corrected chi connectivity index (χ2v) is 7.87. The molecule has 0 radical (unpaired) electrons. The minimum Gasteiger partial charge on any atom is -0.497 e. The number of nitrogens with one attached hydrogen (secondary N) is 1. The molecule has 1 heterocycles. The first-order chi connectivity index (χ1) is 16.4. The van der Waals surface area contributed by atoms with Crippen LogP contribution in [0.15, 0.2) is 75.9 Å². The molecule has 4 aromatic rings. The van der Waals surface area contributed by atoms with Crippen LogP contribution >= 0.6 is 11.6 Å². The Kier molecular flexibility index (Phi) is 6.65. The summed E-state index contributed by atoms with van der Waals surface area (Å²) in [4.78, 5) is 37.2. The third-order valence-electron chi connectivity index (χ3n) is 5.04. The first kappa shape index (κ1) is 23.1. The normalized spacial score (nSPS) is 10.7. The Labute approximate surface area is 199 Å². The third kappa shape index (κ3) is 4.94. The Bertz CT molecular complexity index is 1430. The number of fused-ring (bicyclic) bond motifs is 1. The third-order valence-corrected chi connectivity index (χ3v) is 5.27. The molecule has 0 saturated heterocycles. The molecule has 1 amide bonds. The van der Waals surface area contributed by atoms with Gasteiger partial charge in [0.15, 0.2) is 18.2 Å². The molecule has 0 fully saturated rings. The topological polar surface area (TPSA) is 94.8 Å². The Balaban J connectivity index is 1.68. The lowest BCUT2D eigenvalue weighted by Crippen LogP contribution is -2.17. The van der Waals surface area contributed by atoms with Crippen molar-refractivity contribution in [2.75, 3.05) is 19.0 Å². The van der Waals surface area contributed by atoms with Gasteiger partial charge in [0.25, 0.3) is 0 Å². The van der Waals surface area contributed by atoms with E-state index in [1.165, 1.54) is 13.0 Å². The molecule has 34 heavy (non-hydrogen) atoms. The van der Waals surface area contributed by atoms with Crippen LogP contribution in [0.5, 0.6) is 11.5 Å². The fourth-order valence-corrected chi connectivity index (χ4v) is 3.55. The molecule has 0 aliphatic rings. The van der Waals surface area contributed by atoms with Crippen LogP contribution in [0, 0.1) is 0 Å². The van der Waals surface area contributed by atoms with Crippen molar-refractivity contribution in [2.45, 2.75) is 6.92 Å². The van der Waals surface area contributed by atoms with Crippen LogP contribution < -0.4 is 20.2 Å². The van der Waals surface area contributed by atoms with Gasteiger partial charge in [-0.2, -0.15) is 0 Å². The summed E-state index contributed by atoms with van der Waals surface area (Å²) in [6, 6.07) is 18.0. The van der Waals surface area contributed by atoms with E-state index in [-0.39, 0.29) is 35.2 Å². The lowest BCUT2D eigenvalue weighted by Gasteiger charge is -2.12. The molecule has 0 aliphatic heterocycles. The molecule has 172 valence electrons. The van der Waals surface area contributed by atoms with Gasteiger partial charge >= 0.3 is 0 Å². The SMILES string of the molecule is COc1ccc(-c2oc3ccc(Cl)cc3c(=O)c2OCC(=O)c2ccc(NC(C)=O)cc2)cc1. The van der Waals surface area contributed by atoms with Crippen LogP contribution in [0.3, 0.4) is 0 Å². The van der Waals surface area contributed by atoms with Crippen LogP contribution in [-0.2, 0) is 4.79 Å². The molecule has 0 unspecified atom stereocenters. The van der Waals surface area contributed by atoms with Gasteiger partial charge in [-0.05, 0) is 66.7 Å². The van der Waals surface area contributed by atoms with Crippen molar-refractivity contribution >= 4 is 39.9 Å². The first-order valence-corrected chi connectivity index (χ1v) is 10.7. The molecule has 0 saturated carbocycles. The number of halogens is 1. The van der Waals surface area contributed by atoms with Crippen LogP contribution in [0.25, 0.3) is 22.3 Å². The van der Waals surface area contributed by atoms with Crippen molar-refractivity contribution in [2.24, 2.45) is 0 Å². The van der Waals surface area contributed by atoms with Crippen LogP contribution in [0.4, 0.5) is 5.69 Å². The lowest BCUT2D eigenvalue weighted by molar-refractivity contribution is -0.114. The number of hydrogen-bond acceptors (Lipinski definition) is 6. The number of carbonyl (C=O) groups is 2. The van der Waals surface area contributed by atoms with E-state index in [9.17, 15) is 14.4 Å². The highest BCUT2D eigenvalue weighted by atomic mass is 35.5. The molecule has 0 spiro atoms. The average molecular weight is 478 g/mol. The highest BCUT2D eigenvalue weighted by Crippen LogP contribution is 2.32. The average Bonchev–Trinajstić information content (AvgIpc) is 2.83. The highest BCUT2D eigenvalue weighted by Gasteiger charge is 2.20. The maximum absolute atomic E-state index is 13.3. The van der Waals surface area contributed by atoms with Crippen molar-refractivity contribution < 1.29 is 23.5 Å². The molecule has 3 aromatic carbocycles. The molecule has 1 aromatic heterocycles. The van der Waals surface area contributed by atoms with E-state index in [4.69, 9.17) is 25.5 Å². The monoisotopic (exact) mass is 477 g/mol. The largest absolute Gasteiger partial charge is 0.497 e. The fourth-order valence-electron chi connectivity index (χ4n) is 3.38. The summed E-state index contributed by atoms with van der Waals surface area (Å²) in [6.07, 6.45) is 0. The van der Waals surface area contributed by atoms with Crippen molar-refractivity contribution in [1.82, 2.24) is 0 Å². The van der Waals surface area contributed by atoms with Gasteiger partial charge in [-0.3, -0.25) is 14.4 Å². The molecule has 8 heteroatoms. The van der Waals surface area contributed by atoms with E-state index in [0.717, 1.165) is 0 Å². The van der Waals surface area contributed by atoms with Crippen molar-refractivity contribution in [1.29, 1.82) is 0 Å². The number of amides is 1. The van der Waals surface area contributed by atoms with Gasteiger partial charge in [0.2, 0.25) is 17.1 Å². The van der Waals surface area contributed by atoms with Crippen molar-refractivity contribution in [3.05, 3.63) is 87.5 Å². The van der Waals surface area contributed by atoms with E-state index in [0.29, 0.717) is 33.2 Å². The zero-order valence-electron chi connectivity index (χ0n) is 18.4. The molecule has 4 rings (SSSR count). The van der Waals surface area contributed by atoms with Crippen molar-refractivity contribution in [3.63, 3.8) is 0 Å². The summed E-state index contributed by atoms with van der Waals surface area (Å²) >= 11 is 6.07. The second kappa shape index (κ2) is 9.80. The van der Waals surface area contributed by atoms with Gasteiger partial charge in [0, 0.05) is 28.8 Å². The number of benzene rings is 3. The fraction of sp³-hybridized carbons (Fsp3) is 0.115. The summed E-state index contributed by atoms with van der Waals surface area (Å²) in [7, 11) is 1.55. The van der Waals surface area contributed by atoms with Gasteiger partial charge < -0.3 is 19.2 Å². The van der Waals surface area contributed by atoms with Gasteiger partial charge in [-0.1, -0.05) is 11.6 Å². The Morgan fingerprint density at radius 3 is 2.35 bits per heavy atom. The summed E-state index contributed by atoms with van der Waals surface area (Å²) < 4.78 is 16.9. The van der Waals surface area contributed by atoms with Gasteiger partial charge in [0.05, 0.1) is 12.5 Å². The van der Waals surface area contributed by atoms with Crippen molar-refractivity contribution in [3.8, 4) is 22.8 Å². The standard InChI is InChI=1S/C26H20ClNO6/c1-15(29)28-19-8-3-16(4-9-19)22(30)14-33-26-24(31)21-13-18(27)7-12-23(21)34-25(26)17-5-10-20(32-2)11-6-17/h3-13H,14H2,1-2H3,(H,28,29). The van der Waals surface area contributed by atoms with Gasteiger partial charge in [-0.25, -0.2) is 0 Å². The maximum atomic E-state index is 13.3. The number of carbonyl (C=O) groups excluding carboxylic acids is 2. The molecule has 0 atom stereocenters. The Morgan fingerprint density at radius 1 is 1.00 bits per heavy atom. The first-order valence-electron chi connectivity index (χ1n) is 10.3. The Hall–Kier alpha value is -4.10. The van der Waals surface area contributed by atoms with E-state index < -0.39 is 5.43 Å². The molecule has 1 N–H and O–H groups in total. The second-order valence-electron chi connectivity index (χ2n) is 7.43. The maximum Gasteiger partial charge on any atom is 0.235 e. The number of Topliss-reactive ketones (excluding diaryl/α,β-unsaturated/α-hetero) is 1. The molecule has 0 bridgehead atoms. The molecule has 7 nitrogen and oxygen atoms in total. The number of ether oxygens (including phenoxy) is 2. The smallest absolute Gasteiger partial charge is 0.235 e. The minimum atomic E-state index is -0.441. The number of ketones is 1. The quantitative estimate of drug-likeness (QED) is 0.361. The number of anilines is 1. The summed E-state index contributed by atoms with van der Waals surface area (Å²) in [5.41, 5.74) is 1.42. The summed E-state index contributed by atoms with van der Waals surface area (Å²) in [5.74, 6) is 0.177. The zero-order valence-corrected chi connectivity index (χ0v) is 19.1.